The van der Waals surface area contributed by atoms with Crippen molar-refractivity contribution in [3.63, 3.8) is 0 Å². The van der Waals surface area contributed by atoms with E-state index in [9.17, 15) is 76.6 Å². The molecule has 0 aromatic carbocycles. The van der Waals surface area contributed by atoms with Gasteiger partial charge in [0.15, 0.2) is 18.9 Å². The molecule has 5 fully saturated rings. The zero-order valence-electron chi connectivity index (χ0n) is 41.4. The Morgan fingerprint density at radius 2 is 0.563 bits per heavy atom. The number of aliphatic hydroxyl groups excluding tert-OH is 17. The van der Waals surface area contributed by atoms with Crippen LogP contribution in [0.5, 0.6) is 0 Å². The maximum atomic E-state index is 9.58. The van der Waals surface area contributed by atoms with Gasteiger partial charge in [-0.3, -0.25) is 0 Å². The van der Waals surface area contributed by atoms with Gasteiger partial charge >= 0.3 is 0 Å². The molecule has 0 aromatic rings. The molecule has 27 heteroatoms. The van der Waals surface area contributed by atoms with Gasteiger partial charge in [0.1, 0.15) is 104 Å². The predicted octanol–water partition coefficient (Wildman–Crippen LogP) is -5.59. The average molecular weight is 1080 g/mol. The minimum absolute atomic E-state index is 0.329. The Balaban J connectivity index is 0.000000446. The van der Waals surface area contributed by atoms with E-state index >= 15 is 0 Å². The summed E-state index contributed by atoms with van der Waals surface area (Å²) in [6.07, 6.45) is -19.5. The highest BCUT2D eigenvalue weighted by atomic mass is 32.1. The molecule has 0 saturated carbocycles. The molecule has 5 aliphatic heterocycles. The summed E-state index contributed by atoms with van der Waals surface area (Å²) >= 11 is 7.91. The van der Waals surface area contributed by atoms with Gasteiger partial charge in [-0.15, -0.1) is 0 Å². The van der Waals surface area contributed by atoms with Crippen molar-refractivity contribution in [1.29, 1.82) is 0 Å². The first-order valence-corrected chi connectivity index (χ1v) is 25.5. The summed E-state index contributed by atoms with van der Waals surface area (Å²) in [6.45, 7) is 11.4. The zero-order chi connectivity index (χ0) is 54.3. The minimum atomic E-state index is -1.36. The molecule has 25 atom stereocenters. The molecule has 5 heterocycles. The van der Waals surface area contributed by atoms with E-state index in [4.69, 9.17) is 48.1 Å². The molecule has 0 amide bonds. The lowest BCUT2D eigenvalue weighted by atomic mass is 9.96. The van der Waals surface area contributed by atoms with E-state index in [0.29, 0.717) is 31.3 Å². The molecule has 0 aliphatic carbocycles. The van der Waals surface area contributed by atoms with Gasteiger partial charge in [0.25, 0.3) is 0 Å². The van der Waals surface area contributed by atoms with Gasteiger partial charge in [0, 0.05) is 31.3 Å². The van der Waals surface area contributed by atoms with E-state index < -0.39 is 166 Å². The minimum Gasteiger partial charge on any atom is -0.394 e. The molecule has 5 saturated heterocycles. The monoisotopic (exact) mass is 1080 g/mol. The molecule has 10 unspecified atom stereocenters. The van der Waals surface area contributed by atoms with Gasteiger partial charge in [-0.1, -0.05) is 40.0 Å². The van der Waals surface area contributed by atoms with Gasteiger partial charge in [-0.25, -0.2) is 0 Å². The SMILES string of the molecule is CCCCO[C@@H]1OC(C)[C@@H](O)[C@H](O)C1O.CCCCO[C@@H]1OC(CO)[C@@H](O)[C@H](O)C1O.CCCCO[C@@H]1OC(CO)[C@H](O)[C@H](O)C1O.C[C@H]1OC(CS)[C@@H](O)[C@H](O)C1O.C[C@H]1OC(CS)[C@@H](O)[C@H](O)C1O. The van der Waals surface area contributed by atoms with Gasteiger partial charge in [-0.2, -0.15) is 25.3 Å². The number of hydrogen-bond donors (Lipinski definition) is 19. The quantitative estimate of drug-likeness (QED) is 0.0506. The van der Waals surface area contributed by atoms with Crippen molar-refractivity contribution in [2.45, 2.75) is 233 Å². The highest BCUT2D eigenvalue weighted by Gasteiger charge is 2.46. The first-order valence-electron chi connectivity index (χ1n) is 24.2. The topological polar surface area (TPSA) is 418 Å². The lowest BCUT2D eigenvalue weighted by molar-refractivity contribution is -0.301. The van der Waals surface area contributed by atoms with Crippen molar-refractivity contribution in [1.82, 2.24) is 0 Å². The summed E-state index contributed by atoms with van der Waals surface area (Å²) < 4.78 is 41.7. The molecule has 25 nitrogen and oxygen atoms in total. The van der Waals surface area contributed by atoms with Crippen molar-refractivity contribution in [2.75, 3.05) is 44.5 Å². The maximum Gasteiger partial charge on any atom is 0.186 e. The predicted molar refractivity (Wildman–Crippen MR) is 255 cm³/mol. The molecule has 0 aromatic heterocycles. The number of rotatable bonds is 16. The fourth-order valence-electron chi connectivity index (χ4n) is 7.17. The van der Waals surface area contributed by atoms with Crippen LogP contribution in [-0.2, 0) is 37.9 Å². The second-order valence-electron chi connectivity index (χ2n) is 17.8. The maximum absolute atomic E-state index is 9.58. The fraction of sp³-hybridized carbons (Fsp3) is 1.00. The Hall–Kier alpha value is -0.300. The Labute approximate surface area is 426 Å². The van der Waals surface area contributed by atoms with Crippen LogP contribution >= 0.6 is 25.3 Å². The zero-order valence-corrected chi connectivity index (χ0v) is 43.2. The second kappa shape index (κ2) is 35.9. The number of hydrogen-bond acceptors (Lipinski definition) is 27. The first kappa shape index (κ1) is 68.7. The van der Waals surface area contributed by atoms with Crippen LogP contribution in [0.15, 0.2) is 0 Å². The van der Waals surface area contributed by atoms with E-state index in [2.05, 4.69) is 25.3 Å². The number of ether oxygens (including phenoxy) is 8. The van der Waals surface area contributed by atoms with Crippen LogP contribution in [0.3, 0.4) is 0 Å². The van der Waals surface area contributed by atoms with E-state index in [1.165, 1.54) is 0 Å². The standard InChI is InChI=1S/2C10H20O6.C10H20O5.2C7H14O4S/c2*1-2-3-4-15-10-9(14)8(13)7(12)6(5-11)16-10;1-3-4-5-14-10-9(13)8(12)7(11)6(2)15-10;2*1-3-5(8)7(10)6(9)4(2-12)11-3/h2*6-14H,2-5H2,1H3;6-13H,3-5H2,1-2H3;2*3-10,12H,2H2,1H3/t6?,7-,8+,9?,10-;6?,7-,8-,9?,10+;6?,7-,8+,9?,10-;2*3-,4?,5?,6-,7-/m10111/s1. The van der Waals surface area contributed by atoms with Gasteiger partial charge in [-0.05, 0) is 40.0 Å². The Morgan fingerprint density at radius 3 is 0.831 bits per heavy atom. The molecular formula is C44H88O25S2. The largest absolute Gasteiger partial charge is 0.394 e. The van der Waals surface area contributed by atoms with Crippen molar-refractivity contribution in [3.05, 3.63) is 0 Å². The Morgan fingerprint density at radius 1 is 0.324 bits per heavy atom. The van der Waals surface area contributed by atoms with Gasteiger partial charge in [0.2, 0.25) is 0 Å². The summed E-state index contributed by atoms with van der Waals surface area (Å²) in [4.78, 5) is 0. The fourth-order valence-corrected chi connectivity index (χ4v) is 7.77. The van der Waals surface area contributed by atoms with Crippen LogP contribution in [0.1, 0.15) is 80.1 Å². The molecule has 17 N–H and O–H groups in total. The van der Waals surface area contributed by atoms with Crippen LogP contribution in [0.2, 0.25) is 0 Å². The molecular weight excluding hydrogens is 993 g/mol. The van der Waals surface area contributed by atoms with E-state index in [0.717, 1.165) is 38.5 Å². The summed E-state index contributed by atoms with van der Waals surface area (Å²) in [5.41, 5.74) is 0. The van der Waals surface area contributed by atoms with Crippen LogP contribution in [0, 0.1) is 0 Å². The highest BCUT2D eigenvalue weighted by Crippen LogP contribution is 2.26. The van der Waals surface area contributed by atoms with Crippen molar-refractivity contribution in [2.24, 2.45) is 0 Å². The summed E-state index contributed by atoms with van der Waals surface area (Å²) in [6, 6.07) is 0. The van der Waals surface area contributed by atoms with E-state index in [1.54, 1.807) is 20.8 Å². The summed E-state index contributed by atoms with van der Waals surface area (Å²) in [5, 5.41) is 159. The van der Waals surface area contributed by atoms with Crippen LogP contribution < -0.4 is 0 Å². The molecule has 0 spiro atoms. The lowest BCUT2D eigenvalue weighted by Crippen LogP contribution is -2.59. The third-order valence-corrected chi connectivity index (χ3v) is 12.8. The second-order valence-corrected chi connectivity index (χ2v) is 18.5. The normalized spacial score (nSPS) is 43.5. The third-order valence-electron chi connectivity index (χ3n) is 12.1. The highest BCUT2D eigenvalue weighted by molar-refractivity contribution is 7.80. The molecule has 0 bridgehead atoms. The average Bonchev–Trinajstić information content (AvgIpc) is 3.36. The van der Waals surface area contributed by atoms with E-state index in [1.807, 2.05) is 20.8 Å². The summed E-state index contributed by atoms with van der Waals surface area (Å²) in [5.74, 6) is 0.657. The van der Waals surface area contributed by atoms with Crippen molar-refractivity contribution < 1.29 is 125 Å². The van der Waals surface area contributed by atoms with Crippen molar-refractivity contribution in [3.8, 4) is 0 Å². The molecule has 5 aliphatic rings. The molecule has 0 radical (unpaired) electrons. The Bertz CT molecular complexity index is 1250. The lowest BCUT2D eigenvalue weighted by Gasteiger charge is -2.39. The Kier molecular flexibility index (Phi) is 34.8. The van der Waals surface area contributed by atoms with Gasteiger partial charge < -0.3 is 125 Å². The van der Waals surface area contributed by atoms with Crippen LogP contribution in [-0.4, -0.2) is 285 Å². The summed E-state index contributed by atoms with van der Waals surface area (Å²) in [7, 11) is 0. The smallest absolute Gasteiger partial charge is 0.186 e. The first-order chi connectivity index (χ1) is 33.4. The van der Waals surface area contributed by atoms with Gasteiger partial charge in [0.05, 0.1) is 43.7 Å². The number of thiol groups is 2. The third kappa shape index (κ3) is 21.2. The molecule has 5 rings (SSSR count). The van der Waals surface area contributed by atoms with Crippen LogP contribution in [0.25, 0.3) is 0 Å². The molecule has 426 valence electrons. The van der Waals surface area contributed by atoms with E-state index in [-0.39, 0.29) is 0 Å². The van der Waals surface area contributed by atoms with Crippen LogP contribution in [0.4, 0.5) is 0 Å². The van der Waals surface area contributed by atoms with Crippen molar-refractivity contribution >= 4 is 25.3 Å². The number of unbranched alkanes of at least 4 members (excludes halogenated alkanes) is 3. The molecule has 71 heavy (non-hydrogen) atoms. The number of aliphatic hydroxyl groups is 17.